The number of rotatable bonds is 5. The van der Waals surface area contributed by atoms with Gasteiger partial charge in [0.2, 0.25) is 0 Å². The summed E-state index contributed by atoms with van der Waals surface area (Å²) in [6, 6.07) is 6.59. The molecule has 4 atom stereocenters. The van der Waals surface area contributed by atoms with Crippen molar-refractivity contribution in [3.05, 3.63) is 46.5 Å². The molecule has 0 amide bonds. The molecule has 0 aromatic heterocycles. The van der Waals surface area contributed by atoms with E-state index in [1.165, 1.54) is 12.1 Å². The summed E-state index contributed by atoms with van der Waals surface area (Å²) in [5, 5.41) is 43.9. The summed E-state index contributed by atoms with van der Waals surface area (Å²) < 4.78 is 0. The Bertz CT molecular complexity index is 1120. The molecule has 2 aromatic carbocycles. The van der Waals surface area contributed by atoms with Crippen molar-refractivity contribution in [2.24, 2.45) is 23.7 Å². The van der Waals surface area contributed by atoms with E-state index in [2.05, 4.69) is 55.4 Å². The standard InChI is InChI=1S/C30H42O4/c1-16(2)13-28(7)15-30(22-10-20(32)11-23(33)25(22)28)26-21(9-19(31)12-24(26)34)29(8,14-17(3)4)27(30)18(5)6/h9-12,16-18,27,31-34H,13-15H2,1-8H3. The minimum absolute atomic E-state index is 0.0456. The molecule has 4 nitrogen and oxygen atoms in total. The summed E-state index contributed by atoms with van der Waals surface area (Å²) in [5.74, 6) is 1.56. The van der Waals surface area contributed by atoms with Gasteiger partial charge in [0.25, 0.3) is 0 Å². The number of fused-ring (bicyclic) bond motifs is 4. The second-order valence-corrected chi connectivity index (χ2v) is 12.8. The molecule has 0 aliphatic heterocycles. The van der Waals surface area contributed by atoms with Crippen LogP contribution in [0.2, 0.25) is 0 Å². The van der Waals surface area contributed by atoms with Crippen LogP contribution in [0.15, 0.2) is 24.3 Å². The van der Waals surface area contributed by atoms with Crippen molar-refractivity contribution in [2.45, 2.75) is 90.9 Å². The first-order valence-corrected chi connectivity index (χ1v) is 12.8. The van der Waals surface area contributed by atoms with Crippen LogP contribution in [0.5, 0.6) is 23.0 Å². The predicted molar refractivity (Wildman–Crippen MR) is 137 cm³/mol. The third kappa shape index (κ3) is 3.31. The number of phenolic OH excluding ortho intramolecular Hbond substituents is 4. The monoisotopic (exact) mass is 466 g/mol. The maximum atomic E-state index is 11.4. The molecule has 186 valence electrons. The van der Waals surface area contributed by atoms with E-state index in [0.717, 1.165) is 41.5 Å². The van der Waals surface area contributed by atoms with Gasteiger partial charge in [0.1, 0.15) is 23.0 Å². The van der Waals surface area contributed by atoms with Crippen molar-refractivity contribution in [1.29, 1.82) is 0 Å². The van der Waals surface area contributed by atoms with E-state index < -0.39 is 5.41 Å². The van der Waals surface area contributed by atoms with E-state index in [1.807, 2.05) is 12.1 Å². The topological polar surface area (TPSA) is 80.9 Å². The Morgan fingerprint density at radius 3 is 1.74 bits per heavy atom. The molecule has 2 aliphatic rings. The van der Waals surface area contributed by atoms with E-state index >= 15 is 0 Å². The molecule has 4 unspecified atom stereocenters. The van der Waals surface area contributed by atoms with Gasteiger partial charge >= 0.3 is 0 Å². The van der Waals surface area contributed by atoms with Crippen molar-refractivity contribution in [3.63, 3.8) is 0 Å². The fraction of sp³-hybridized carbons (Fsp3) is 0.600. The van der Waals surface area contributed by atoms with Gasteiger partial charge in [0.05, 0.1) is 0 Å². The zero-order valence-corrected chi connectivity index (χ0v) is 22.0. The summed E-state index contributed by atoms with van der Waals surface area (Å²) in [5.41, 5.74) is 2.50. The Morgan fingerprint density at radius 1 is 0.735 bits per heavy atom. The number of hydrogen-bond acceptors (Lipinski definition) is 4. The maximum Gasteiger partial charge on any atom is 0.123 e. The van der Waals surface area contributed by atoms with E-state index in [1.54, 1.807) is 0 Å². The molecule has 2 aliphatic carbocycles. The quantitative estimate of drug-likeness (QED) is 0.379. The Morgan fingerprint density at radius 2 is 1.24 bits per heavy atom. The fourth-order valence-corrected chi connectivity index (χ4v) is 8.76. The highest BCUT2D eigenvalue weighted by Gasteiger charge is 2.66. The van der Waals surface area contributed by atoms with Gasteiger partial charge in [-0.25, -0.2) is 0 Å². The number of phenols is 4. The van der Waals surface area contributed by atoms with Gasteiger partial charge in [-0.3, -0.25) is 0 Å². The minimum atomic E-state index is -0.583. The second kappa shape index (κ2) is 7.83. The third-order valence-corrected chi connectivity index (χ3v) is 8.59. The Balaban J connectivity index is 2.17. The second-order valence-electron chi connectivity index (χ2n) is 12.8. The van der Waals surface area contributed by atoms with Crippen LogP contribution in [0.25, 0.3) is 0 Å². The molecule has 4 rings (SSSR count). The van der Waals surface area contributed by atoms with Gasteiger partial charge in [0.15, 0.2) is 0 Å². The number of benzene rings is 2. The lowest BCUT2D eigenvalue weighted by Gasteiger charge is -2.45. The summed E-state index contributed by atoms with van der Waals surface area (Å²) in [6.07, 6.45) is 2.54. The Labute approximate surface area is 204 Å². The van der Waals surface area contributed by atoms with Crippen LogP contribution >= 0.6 is 0 Å². The third-order valence-electron chi connectivity index (χ3n) is 8.59. The molecule has 0 heterocycles. The molecule has 0 saturated carbocycles. The normalized spacial score (nSPS) is 30.0. The van der Waals surface area contributed by atoms with E-state index in [4.69, 9.17) is 0 Å². The van der Waals surface area contributed by atoms with Crippen LogP contribution in [-0.2, 0) is 16.2 Å². The molecular formula is C30H42O4. The average Bonchev–Trinajstić information content (AvgIpc) is 2.99. The van der Waals surface area contributed by atoms with Gasteiger partial charge in [-0.15, -0.1) is 0 Å². The van der Waals surface area contributed by atoms with Crippen molar-refractivity contribution in [1.82, 2.24) is 0 Å². The van der Waals surface area contributed by atoms with Gasteiger partial charge < -0.3 is 20.4 Å². The zero-order chi connectivity index (χ0) is 25.4. The average molecular weight is 467 g/mol. The van der Waals surface area contributed by atoms with Crippen LogP contribution in [0, 0.1) is 23.7 Å². The van der Waals surface area contributed by atoms with Gasteiger partial charge in [-0.1, -0.05) is 55.4 Å². The van der Waals surface area contributed by atoms with Crippen molar-refractivity contribution >= 4 is 0 Å². The number of aromatic hydroxyl groups is 4. The Kier molecular flexibility index (Phi) is 5.70. The van der Waals surface area contributed by atoms with E-state index in [9.17, 15) is 20.4 Å². The lowest BCUT2D eigenvalue weighted by molar-refractivity contribution is 0.126. The first-order valence-electron chi connectivity index (χ1n) is 12.8. The SMILES string of the molecule is CC(C)CC1(C)CC2(c3cc(O)cc(O)c31)c1c(O)cc(O)cc1C(C)(CC(C)C)C2C(C)C. The summed E-state index contributed by atoms with van der Waals surface area (Å²) in [4.78, 5) is 0. The van der Waals surface area contributed by atoms with E-state index in [0.29, 0.717) is 11.8 Å². The molecule has 0 fully saturated rings. The molecule has 4 N–H and O–H groups in total. The molecule has 1 spiro atoms. The molecule has 2 aromatic rings. The largest absolute Gasteiger partial charge is 0.508 e. The fourth-order valence-electron chi connectivity index (χ4n) is 8.76. The molecule has 0 radical (unpaired) electrons. The van der Waals surface area contributed by atoms with Gasteiger partial charge in [0, 0.05) is 28.7 Å². The van der Waals surface area contributed by atoms with Crippen molar-refractivity contribution < 1.29 is 20.4 Å². The zero-order valence-electron chi connectivity index (χ0n) is 22.0. The van der Waals surface area contributed by atoms with Gasteiger partial charge in [-0.05, 0) is 77.0 Å². The highest BCUT2D eigenvalue weighted by molar-refractivity contribution is 5.69. The van der Waals surface area contributed by atoms with Crippen LogP contribution in [-0.4, -0.2) is 20.4 Å². The summed E-state index contributed by atoms with van der Waals surface area (Å²) in [7, 11) is 0. The molecule has 34 heavy (non-hydrogen) atoms. The van der Waals surface area contributed by atoms with Crippen LogP contribution < -0.4 is 0 Å². The molecule has 4 heteroatoms. The van der Waals surface area contributed by atoms with Crippen molar-refractivity contribution in [3.8, 4) is 23.0 Å². The minimum Gasteiger partial charge on any atom is -0.508 e. The Hall–Kier alpha value is -2.36. The maximum absolute atomic E-state index is 11.4. The summed E-state index contributed by atoms with van der Waals surface area (Å²) in [6.45, 7) is 17.8. The lowest BCUT2D eigenvalue weighted by atomic mass is 9.57. The molecular weight excluding hydrogens is 424 g/mol. The predicted octanol–water partition coefficient (Wildman–Crippen LogP) is 7.09. The van der Waals surface area contributed by atoms with E-state index in [-0.39, 0.29) is 45.7 Å². The first kappa shape index (κ1) is 24.8. The van der Waals surface area contributed by atoms with Crippen LogP contribution in [0.1, 0.15) is 96.9 Å². The molecule has 0 bridgehead atoms. The van der Waals surface area contributed by atoms with Gasteiger partial charge in [-0.2, -0.15) is 0 Å². The highest BCUT2D eigenvalue weighted by Crippen LogP contribution is 2.72. The first-order chi connectivity index (χ1) is 15.7. The lowest BCUT2D eigenvalue weighted by Crippen LogP contribution is -2.44. The number of hydrogen-bond donors (Lipinski definition) is 4. The highest BCUT2D eigenvalue weighted by atomic mass is 16.3. The van der Waals surface area contributed by atoms with Crippen LogP contribution in [0.3, 0.4) is 0 Å². The summed E-state index contributed by atoms with van der Waals surface area (Å²) >= 11 is 0. The smallest absolute Gasteiger partial charge is 0.123 e. The van der Waals surface area contributed by atoms with Crippen molar-refractivity contribution in [2.75, 3.05) is 0 Å². The molecule has 0 saturated heterocycles. The van der Waals surface area contributed by atoms with Crippen LogP contribution in [0.4, 0.5) is 0 Å².